The van der Waals surface area contributed by atoms with Crippen molar-refractivity contribution < 1.29 is 4.79 Å². The Hall–Kier alpha value is -1.84. The van der Waals surface area contributed by atoms with Gasteiger partial charge in [-0.15, -0.1) is 0 Å². The van der Waals surface area contributed by atoms with Gasteiger partial charge in [-0.1, -0.05) is 54.1 Å². The molecule has 1 saturated heterocycles. The first kappa shape index (κ1) is 18.5. The van der Waals surface area contributed by atoms with Crippen LogP contribution in [0.2, 0.25) is 5.02 Å². The molecule has 3 nitrogen and oxygen atoms in total. The number of hydrogen-bond donors (Lipinski definition) is 1. The molecular formula is C23H27ClN2O. The Balaban J connectivity index is 1.47. The number of likely N-dealkylation sites (tertiary alicyclic amines) is 1. The fourth-order valence-electron chi connectivity index (χ4n) is 4.23. The minimum absolute atomic E-state index is 0.0581. The largest absolute Gasteiger partial charge is 0.354 e. The Labute approximate surface area is 166 Å². The number of halogens is 1. The Morgan fingerprint density at radius 3 is 2.30 bits per heavy atom. The first-order valence-corrected chi connectivity index (χ1v) is 10.4. The number of benzene rings is 2. The smallest absolute Gasteiger partial charge is 0.227 e. The van der Waals surface area contributed by atoms with Crippen molar-refractivity contribution in [3.63, 3.8) is 0 Å². The van der Waals surface area contributed by atoms with Gasteiger partial charge < -0.3 is 5.32 Å². The standard InChI is InChI=1S/C23H27ClN2O/c24-20-12-10-19(11-13-20)22(18-8-9-18)23(27)25-16-21(26-14-4-5-15-26)17-6-2-1-3-7-17/h1-3,6-7,10-13,18,21-22H,4-5,8-9,14-16H2,(H,25,27). The van der Waals surface area contributed by atoms with Crippen LogP contribution in [0.15, 0.2) is 54.6 Å². The molecule has 142 valence electrons. The molecule has 4 heteroatoms. The van der Waals surface area contributed by atoms with Crippen LogP contribution in [-0.2, 0) is 4.79 Å². The number of nitrogens with one attached hydrogen (secondary N) is 1. The summed E-state index contributed by atoms with van der Waals surface area (Å²) in [5.74, 6) is 0.561. The van der Waals surface area contributed by atoms with E-state index in [9.17, 15) is 4.79 Å². The van der Waals surface area contributed by atoms with Gasteiger partial charge in [-0.25, -0.2) is 0 Å². The second kappa shape index (κ2) is 8.45. The lowest BCUT2D eigenvalue weighted by molar-refractivity contribution is -0.123. The van der Waals surface area contributed by atoms with Crippen molar-refractivity contribution >= 4 is 17.5 Å². The number of amides is 1. The minimum atomic E-state index is -0.0581. The lowest BCUT2D eigenvalue weighted by Crippen LogP contribution is -2.39. The maximum absolute atomic E-state index is 13.1. The van der Waals surface area contributed by atoms with E-state index in [0.29, 0.717) is 17.5 Å². The summed E-state index contributed by atoms with van der Waals surface area (Å²) >= 11 is 6.03. The highest BCUT2D eigenvalue weighted by molar-refractivity contribution is 6.30. The predicted molar refractivity (Wildman–Crippen MR) is 110 cm³/mol. The number of hydrogen-bond acceptors (Lipinski definition) is 2. The number of carbonyl (C=O) groups is 1. The maximum Gasteiger partial charge on any atom is 0.227 e. The van der Waals surface area contributed by atoms with Crippen LogP contribution in [0.3, 0.4) is 0 Å². The molecule has 27 heavy (non-hydrogen) atoms. The van der Waals surface area contributed by atoms with E-state index in [1.807, 2.05) is 30.3 Å². The van der Waals surface area contributed by atoms with Gasteiger partial charge in [0.2, 0.25) is 5.91 Å². The van der Waals surface area contributed by atoms with Gasteiger partial charge in [-0.05, 0) is 68.0 Å². The third-order valence-electron chi connectivity index (χ3n) is 5.84. The van der Waals surface area contributed by atoms with Gasteiger partial charge in [0.15, 0.2) is 0 Å². The molecular weight excluding hydrogens is 356 g/mol. The van der Waals surface area contributed by atoms with E-state index in [2.05, 4.69) is 34.5 Å². The van der Waals surface area contributed by atoms with Crippen LogP contribution in [-0.4, -0.2) is 30.4 Å². The lowest BCUT2D eigenvalue weighted by Gasteiger charge is -2.29. The van der Waals surface area contributed by atoms with E-state index in [1.165, 1.54) is 18.4 Å². The minimum Gasteiger partial charge on any atom is -0.354 e. The predicted octanol–water partition coefficient (Wildman–Crippen LogP) is 4.79. The summed E-state index contributed by atoms with van der Waals surface area (Å²) < 4.78 is 0. The van der Waals surface area contributed by atoms with E-state index in [0.717, 1.165) is 31.5 Å². The molecule has 1 heterocycles. The first-order chi connectivity index (χ1) is 13.2. The molecule has 1 N–H and O–H groups in total. The second-order valence-electron chi connectivity index (χ2n) is 7.78. The van der Waals surface area contributed by atoms with Gasteiger partial charge in [0.1, 0.15) is 0 Å². The molecule has 1 amide bonds. The summed E-state index contributed by atoms with van der Waals surface area (Å²) in [5, 5.41) is 3.99. The van der Waals surface area contributed by atoms with Crippen LogP contribution in [0.1, 0.15) is 48.8 Å². The van der Waals surface area contributed by atoms with Crippen molar-refractivity contribution in [1.82, 2.24) is 10.2 Å². The van der Waals surface area contributed by atoms with E-state index in [-0.39, 0.29) is 17.9 Å². The Morgan fingerprint density at radius 2 is 1.67 bits per heavy atom. The van der Waals surface area contributed by atoms with E-state index in [1.54, 1.807) is 0 Å². The third-order valence-corrected chi connectivity index (χ3v) is 6.09. The monoisotopic (exact) mass is 382 g/mol. The van der Waals surface area contributed by atoms with Gasteiger partial charge in [0.05, 0.1) is 12.0 Å². The lowest BCUT2D eigenvalue weighted by atomic mass is 9.93. The molecule has 1 saturated carbocycles. The van der Waals surface area contributed by atoms with Crippen LogP contribution in [0.5, 0.6) is 0 Å². The van der Waals surface area contributed by atoms with Gasteiger partial charge in [-0.3, -0.25) is 9.69 Å². The van der Waals surface area contributed by atoms with Gasteiger partial charge in [-0.2, -0.15) is 0 Å². The number of rotatable bonds is 7. The molecule has 2 aromatic rings. The number of carbonyl (C=O) groups excluding carboxylic acids is 1. The fourth-order valence-corrected chi connectivity index (χ4v) is 4.36. The Kier molecular flexibility index (Phi) is 5.80. The van der Waals surface area contributed by atoms with Crippen molar-refractivity contribution in [1.29, 1.82) is 0 Å². The zero-order chi connectivity index (χ0) is 18.6. The molecule has 2 fully saturated rings. The summed E-state index contributed by atoms with van der Waals surface area (Å²) in [6.07, 6.45) is 4.75. The van der Waals surface area contributed by atoms with Crippen molar-refractivity contribution in [3.8, 4) is 0 Å². The zero-order valence-corrected chi connectivity index (χ0v) is 16.4. The quantitative estimate of drug-likeness (QED) is 0.746. The normalized spacial score (nSPS) is 19.6. The zero-order valence-electron chi connectivity index (χ0n) is 15.6. The molecule has 1 aliphatic carbocycles. The molecule has 0 spiro atoms. The Bertz CT molecular complexity index is 752. The highest BCUT2D eigenvalue weighted by Crippen LogP contribution is 2.43. The number of nitrogens with zero attached hydrogens (tertiary/aromatic N) is 1. The van der Waals surface area contributed by atoms with Gasteiger partial charge in [0.25, 0.3) is 0 Å². The third kappa shape index (κ3) is 4.53. The van der Waals surface area contributed by atoms with Crippen LogP contribution in [0.4, 0.5) is 0 Å². The molecule has 4 rings (SSSR count). The SMILES string of the molecule is O=C(NCC(c1ccccc1)N1CCCC1)C(c1ccc(Cl)cc1)C1CC1. The van der Waals surface area contributed by atoms with Crippen LogP contribution in [0, 0.1) is 5.92 Å². The summed E-state index contributed by atoms with van der Waals surface area (Å²) in [5.41, 5.74) is 2.37. The van der Waals surface area contributed by atoms with Crippen LogP contribution in [0.25, 0.3) is 0 Å². The fraction of sp³-hybridized carbons (Fsp3) is 0.435. The second-order valence-corrected chi connectivity index (χ2v) is 8.22. The molecule has 2 aromatic carbocycles. The summed E-state index contributed by atoms with van der Waals surface area (Å²) in [4.78, 5) is 15.6. The van der Waals surface area contributed by atoms with Crippen LogP contribution >= 0.6 is 11.6 Å². The average Bonchev–Trinajstić information content (AvgIpc) is 3.37. The molecule has 0 bridgehead atoms. The van der Waals surface area contributed by atoms with Gasteiger partial charge in [0, 0.05) is 11.6 Å². The summed E-state index contributed by atoms with van der Waals surface area (Å²) in [6, 6.07) is 18.6. The van der Waals surface area contributed by atoms with E-state index >= 15 is 0 Å². The summed E-state index contributed by atoms with van der Waals surface area (Å²) in [7, 11) is 0. The molecule has 1 aliphatic heterocycles. The molecule has 0 aromatic heterocycles. The highest BCUT2D eigenvalue weighted by atomic mass is 35.5. The van der Waals surface area contributed by atoms with Crippen molar-refractivity contribution in [2.24, 2.45) is 5.92 Å². The Morgan fingerprint density at radius 1 is 1.00 bits per heavy atom. The highest BCUT2D eigenvalue weighted by Gasteiger charge is 2.37. The maximum atomic E-state index is 13.1. The van der Waals surface area contributed by atoms with Crippen molar-refractivity contribution in [3.05, 3.63) is 70.7 Å². The van der Waals surface area contributed by atoms with E-state index < -0.39 is 0 Å². The molecule has 2 atom stereocenters. The first-order valence-electron chi connectivity index (χ1n) is 10.0. The van der Waals surface area contributed by atoms with Crippen LogP contribution < -0.4 is 5.32 Å². The van der Waals surface area contributed by atoms with Crippen molar-refractivity contribution in [2.75, 3.05) is 19.6 Å². The molecule has 2 aliphatic rings. The molecule has 2 unspecified atom stereocenters. The summed E-state index contributed by atoms with van der Waals surface area (Å²) in [6.45, 7) is 2.89. The van der Waals surface area contributed by atoms with Gasteiger partial charge >= 0.3 is 0 Å². The topological polar surface area (TPSA) is 32.3 Å². The molecule has 0 radical (unpaired) electrons. The average molecular weight is 383 g/mol. The van der Waals surface area contributed by atoms with Crippen molar-refractivity contribution in [2.45, 2.75) is 37.6 Å². The van der Waals surface area contributed by atoms with E-state index in [4.69, 9.17) is 11.6 Å².